The molecule has 3 nitrogen and oxygen atoms in total. The number of hydrogen-bond donors (Lipinski definition) is 1. The number of halogens is 2. The molecule has 20 heavy (non-hydrogen) atoms. The quantitative estimate of drug-likeness (QED) is 0.929. The Balaban J connectivity index is 2.23. The van der Waals surface area contributed by atoms with Crippen molar-refractivity contribution >= 4 is 0 Å². The van der Waals surface area contributed by atoms with Crippen molar-refractivity contribution in [2.75, 3.05) is 0 Å². The molecule has 0 aliphatic heterocycles. The molecular formula is C15H18F2N2O. The molecule has 0 aliphatic rings. The van der Waals surface area contributed by atoms with E-state index in [-0.39, 0.29) is 22.4 Å². The molecule has 0 atom stereocenters. The Morgan fingerprint density at radius 3 is 2.50 bits per heavy atom. The van der Waals surface area contributed by atoms with Crippen molar-refractivity contribution in [2.24, 2.45) is 0 Å². The van der Waals surface area contributed by atoms with Crippen LogP contribution in [0.4, 0.5) is 8.78 Å². The summed E-state index contributed by atoms with van der Waals surface area (Å²) in [4.78, 5) is 0. The van der Waals surface area contributed by atoms with Crippen LogP contribution >= 0.6 is 0 Å². The van der Waals surface area contributed by atoms with Crippen LogP contribution in [0.5, 0.6) is 0 Å². The van der Waals surface area contributed by atoms with Crippen LogP contribution in [-0.2, 0) is 6.54 Å². The summed E-state index contributed by atoms with van der Waals surface area (Å²) in [5.74, 6) is -0.755. The zero-order chi connectivity index (χ0) is 14.9. The van der Waals surface area contributed by atoms with Gasteiger partial charge in [-0.25, -0.2) is 8.78 Å². The fraction of sp³-hybridized carbons (Fsp3) is 0.400. The molecule has 0 spiro atoms. The van der Waals surface area contributed by atoms with Crippen LogP contribution in [0.1, 0.15) is 32.0 Å². The predicted octanol–water partition coefficient (Wildman–Crippen LogP) is 3.82. The fourth-order valence-electron chi connectivity index (χ4n) is 1.71. The largest absolute Gasteiger partial charge is 0.356 e. The molecule has 2 rings (SSSR count). The van der Waals surface area contributed by atoms with E-state index in [1.807, 2.05) is 20.8 Å². The van der Waals surface area contributed by atoms with Crippen molar-refractivity contribution in [3.63, 3.8) is 0 Å². The maximum atomic E-state index is 13.8. The highest BCUT2D eigenvalue weighted by Gasteiger charge is 2.15. The lowest BCUT2D eigenvalue weighted by Gasteiger charge is -2.19. The lowest BCUT2D eigenvalue weighted by Crippen LogP contribution is -2.35. The van der Waals surface area contributed by atoms with Crippen LogP contribution in [0.2, 0.25) is 0 Å². The highest BCUT2D eigenvalue weighted by molar-refractivity contribution is 5.59. The molecule has 0 aliphatic carbocycles. The maximum absolute atomic E-state index is 13.8. The second kappa shape index (κ2) is 5.32. The fourth-order valence-corrected chi connectivity index (χ4v) is 1.71. The minimum atomic E-state index is -0.518. The third-order valence-corrected chi connectivity index (χ3v) is 2.87. The van der Waals surface area contributed by atoms with Gasteiger partial charge in [-0.05, 0) is 45.4 Å². The molecule has 1 heterocycles. The number of rotatable bonds is 3. The summed E-state index contributed by atoms with van der Waals surface area (Å²) in [5.41, 5.74) is 0.943. The van der Waals surface area contributed by atoms with E-state index in [1.54, 1.807) is 6.07 Å². The first-order valence-electron chi connectivity index (χ1n) is 6.43. The summed E-state index contributed by atoms with van der Waals surface area (Å²) in [5, 5.41) is 7.11. The first-order chi connectivity index (χ1) is 9.26. The van der Waals surface area contributed by atoms with Crippen molar-refractivity contribution in [1.29, 1.82) is 0 Å². The van der Waals surface area contributed by atoms with Gasteiger partial charge >= 0.3 is 0 Å². The molecule has 0 saturated carbocycles. The van der Waals surface area contributed by atoms with Gasteiger partial charge in [0.2, 0.25) is 0 Å². The Bertz CT molecular complexity index is 615. The molecule has 1 aromatic heterocycles. The molecule has 0 bridgehead atoms. The standard InChI is InChI=1S/C15H18F2N2O/c1-9-5-13(17)11(7-12(9)16)14-6-10(19-20-14)8-18-15(2,3)4/h5-7,18H,8H2,1-4H3. The van der Waals surface area contributed by atoms with Gasteiger partial charge in [-0.1, -0.05) is 5.16 Å². The molecule has 0 unspecified atom stereocenters. The van der Waals surface area contributed by atoms with Gasteiger partial charge in [0.15, 0.2) is 5.76 Å². The van der Waals surface area contributed by atoms with E-state index in [0.29, 0.717) is 12.2 Å². The van der Waals surface area contributed by atoms with Crippen LogP contribution in [-0.4, -0.2) is 10.7 Å². The summed E-state index contributed by atoms with van der Waals surface area (Å²) in [6, 6.07) is 3.90. The number of benzene rings is 1. The summed E-state index contributed by atoms with van der Waals surface area (Å²) in [7, 11) is 0. The maximum Gasteiger partial charge on any atom is 0.170 e. The Hall–Kier alpha value is -1.75. The first-order valence-corrected chi connectivity index (χ1v) is 6.43. The third-order valence-electron chi connectivity index (χ3n) is 2.87. The second-order valence-corrected chi connectivity index (χ2v) is 5.87. The van der Waals surface area contributed by atoms with E-state index < -0.39 is 11.6 Å². The van der Waals surface area contributed by atoms with Crippen LogP contribution in [0.25, 0.3) is 11.3 Å². The minimum Gasteiger partial charge on any atom is -0.356 e. The smallest absolute Gasteiger partial charge is 0.170 e. The van der Waals surface area contributed by atoms with Crippen molar-refractivity contribution in [3.05, 3.63) is 41.1 Å². The number of aromatic nitrogens is 1. The normalized spacial score (nSPS) is 11.9. The van der Waals surface area contributed by atoms with Crippen molar-refractivity contribution < 1.29 is 13.3 Å². The van der Waals surface area contributed by atoms with E-state index in [1.165, 1.54) is 6.92 Å². The average Bonchev–Trinajstić information content (AvgIpc) is 2.79. The van der Waals surface area contributed by atoms with Gasteiger partial charge in [-0.3, -0.25) is 0 Å². The lowest BCUT2D eigenvalue weighted by atomic mass is 10.1. The van der Waals surface area contributed by atoms with E-state index in [9.17, 15) is 8.78 Å². The highest BCUT2D eigenvalue weighted by Crippen LogP contribution is 2.26. The number of nitrogens with zero attached hydrogens (tertiary/aromatic N) is 1. The summed E-state index contributed by atoms with van der Waals surface area (Å²) >= 11 is 0. The van der Waals surface area contributed by atoms with Gasteiger partial charge in [-0.15, -0.1) is 0 Å². The van der Waals surface area contributed by atoms with Crippen LogP contribution in [0.3, 0.4) is 0 Å². The molecule has 0 saturated heterocycles. The van der Waals surface area contributed by atoms with E-state index >= 15 is 0 Å². The van der Waals surface area contributed by atoms with Crippen molar-refractivity contribution in [3.8, 4) is 11.3 Å². The SMILES string of the molecule is Cc1cc(F)c(-c2cc(CNC(C)(C)C)no2)cc1F. The zero-order valence-corrected chi connectivity index (χ0v) is 12.1. The molecule has 1 aromatic carbocycles. The number of aryl methyl sites for hydroxylation is 1. The molecular weight excluding hydrogens is 262 g/mol. The Kier molecular flexibility index (Phi) is 3.90. The molecule has 2 aromatic rings. The van der Waals surface area contributed by atoms with E-state index in [2.05, 4.69) is 10.5 Å². The van der Waals surface area contributed by atoms with Crippen molar-refractivity contribution in [2.45, 2.75) is 39.8 Å². The molecule has 1 N–H and O–H groups in total. The van der Waals surface area contributed by atoms with Crippen LogP contribution < -0.4 is 5.32 Å². The minimum absolute atomic E-state index is 0.0552. The van der Waals surface area contributed by atoms with Crippen LogP contribution in [0.15, 0.2) is 22.7 Å². The Morgan fingerprint density at radius 1 is 1.15 bits per heavy atom. The van der Waals surface area contributed by atoms with E-state index in [0.717, 1.165) is 12.1 Å². The van der Waals surface area contributed by atoms with Gasteiger partial charge in [0.1, 0.15) is 11.6 Å². The molecule has 108 valence electrons. The van der Waals surface area contributed by atoms with Crippen molar-refractivity contribution in [1.82, 2.24) is 10.5 Å². The predicted molar refractivity (Wildman–Crippen MR) is 73.2 cm³/mol. The second-order valence-electron chi connectivity index (χ2n) is 5.87. The number of nitrogens with one attached hydrogen (secondary N) is 1. The monoisotopic (exact) mass is 280 g/mol. The summed E-state index contributed by atoms with van der Waals surface area (Å²) in [6.07, 6.45) is 0. The first kappa shape index (κ1) is 14.7. The molecule has 0 fully saturated rings. The van der Waals surface area contributed by atoms with Gasteiger partial charge in [0.25, 0.3) is 0 Å². The van der Waals surface area contributed by atoms with Crippen LogP contribution in [0, 0.1) is 18.6 Å². The topological polar surface area (TPSA) is 38.1 Å². The average molecular weight is 280 g/mol. The Morgan fingerprint density at radius 2 is 1.85 bits per heavy atom. The number of hydrogen-bond acceptors (Lipinski definition) is 3. The lowest BCUT2D eigenvalue weighted by molar-refractivity contribution is 0.391. The van der Waals surface area contributed by atoms with Gasteiger partial charge in [0, 0.05) is 18.2 Å². The summed E-state index contributed by atoms with van der Waals surface area (Å²) in [6.45, 7) is 8.11. The molecule has 0 radical (unpaired) electrons. The molecule has 5 heteroatoms. The van der Waals surface area contributed by atoms with Gasteiger partial charge in [0.05, 0.1) is 11.3 Å². The Labute approximate surface area is 117 Å². The zero-order valence-electron chi connectivity index (χ0n) is 12.1. The highest BCUT2D eigenvalue weighted by atomic mass is 19.1. The van der Waals surface area contributed by atoms with Gasteiger partial charge < -0.3 is 9.84 Å². The van der Waals surface area contributed by atoms with E-state index in [4.69, 9.17) is 4.52 Å². The summed E-state index contributed by atoms with van der Waals surface area (Å²) < 4.78 is 32.4. The molecule has 0 amide bonds. The van der Waals surface area contributed by atoms with Gasteiger partial charge in [-0.2, -0.15) is 0 Å². The third kappa shape index (κ3) is 3.42.